The van der Waals surface area contributed by atoms with E-state index in [-0.39, 0.29) is 5.95 Å². The molecular formula is C13H11Cl2N5. The molecule has 1 aromatic carbocycles. The third-order valence-electron chi connectivity index (χ3n) is 3.14. The fourth-order valence-corrected chi connectivity index (χ4v) is 2.57. The highest BCUT2D eigenvalue weighted by molar-refractivity contribution is 6.36. The van der Waals surface area contributed by atoms with Crippen molar-refractivity contribution in [1.82, 2.24) is 19.8 Å². The first-order valence-corrected chi connectivity index (χ1v) is 6.72. The van der Waals surface area contributed by atoms with E-state index < -0.39 is 0 Å². The maximum absolute atomic E-state index is 6.20. The van der Waals surface area contributed by atoms with Crippen LogP contribution in [-0.4, -0.2) is 19.8 Å². The van der Waals surface area contributed by atoms with Crippen LogP contribution in [0.25, 0.3) is 5.65 Å². The van der Waals surface area contributed by atoms with E-state index in [0.717, 1.165) is 16.8 Å². The van der Waals surface area contributed by atoms with Gasteiger partial charge in [0.2, 0.25) is 5.95 Å². The smallest absolute Gasteiger partial charge is 0.243 e. The van der Waals surface area contributed by atoms with Gasteiger partial charge in [-0.25, -0.2) is 0 Å². The lowest BCUT2D eigenvalue weighted by atomic mass is 10.0. The third-order valence-corrected chi connectivity index (χ3v) is 3.84. The van der Waals surface area contributed by atoms with E-state index >= 15 is 0 Å². The number of hydrogen-bond donors (Lipinski definition) is 1. The van der Waals surface area contributed by atoms with Crippen molar-refractivity contribution in [2.75, 3.05) is 5.73 Å². The van der Waals surface area contributed by atoms with Crippen LogP contribution in [0.5, 0.6) is 0 Å². The summed E-state index contributed by atoms with van der Waals surface area (Å²) in [5.74, 6) is 0.269. The van der Waals surface area contributed by atoms with Crippen LogP contribution in [0.1, 0.15) is 16.8 Å². The summed E-state index contributed by atoms with van der Waals surface area (Å²) in [6, 6.07) is 7.35. The van der Waals surface area contributed by atoms with Crippen LogP contribution in [0.4, 0.5) is 5.95 Å². The molecular weight excluding hydrogens is 297 g/mol. The summed E-state index contributed by atoms with van der Waals surface area (Å²) >= 11 is 12.4. The average Bonchev–Trinajstić information content (AvgIpc) is 2.75. The van der Waals surface area contributed by atoms with Crippen molar-refractivity contribution in [1.29, 1.82) is 0 Å². The van der Waals surface area contributed by atoms with Gasteiger partial charge in [0.05, 0.1) is 5.69 Å². The van der Waals surface area contributed by atoms with Crippen molar-refractivity contribution in [3.8, 4) is 0 Å². The van der Waals surface area contributed by atoms with Crippen LogP contribution in [0.2, 0.25) is 10.0 Å². The molecule has 0 saturated heterocycles. The Labute approximate surface area is 125 Å². The number of anilines is 1. The summed E-state index contributed by atoms with van der Waals surface area (Å²) in [5, 5.41) is 13.4. The van der Waals surface area contributed by atoms with Gasteiger partial charge in [0.25, 0.3) is 0 Å². The molecule has 0 spiro atoms. The number of nitrogens with zero attached hydrogens (tertiary/aromatic N) is 4. The lowest BCUT2D eigenvalue weighted by Gasteiger charge is -2.09. The molecule has 20 heavy (non-hydrogen) atoms. The zero-order chi connectivity index (χ0) is 14.3. The molecule has 0 aliphatic carbocycles. The van der Waals surface area contributed by atoms with Gasteiger partial charge in [0, 0.05) is 16.5 Å². The molecule has 3 aromatic rings. The Hall–Kier alpha value is -1.85. The molecule has 0 unspecified atom stereocenters. The fraction of sp³-hybridized carbons (Fsp3) is 0.154. The lowest BCUT2D eigenvalue weighted by molar-refractivity contribution is 0.884. The predicted molar refractivity (Wildman–Crippen MR) is 79.2 cm³/mol. The molecule has 7 heteroatoms. The number of aromatic nitrogens is 4. The molecule has 5 nitrogen and oxygen atoms in total. The van der Waals surface area contributed by atoms with Crippen molar-refractivity contribution in [2.45, 2.75) is 13.3 Å². The Kier molecular flexibility index (Phi) is 3.23. The van der Waals surface area contributed by atoms with Crippen molar-refractivity contribution in [3.63, 3.8) is 0 Å². The van der Waals surface area contributed by atoms with Gasteiger partial charge in [-0.3, -0.25) is 0 Å². The Morgan fingerprint density at radius 1 is 1.20 bits per heavy atom. The predicted octanol–water partition coefficient (Wildman–Crippen LogP) is 2.91. The highest BCUT2D eigenvalue weighted by atomic mass is 35.5. The Bertz CT molecular complexity index is 777. The molecule has 0 fully saturated rings. The SMILES string of the molecule is Cc1nn2c(N)nnc2cc1Cc1c(Cl)cccc1Cl. The summed E-state index contributed by atoms with van der Waals surface area (Å²) in [6.45, 7) is 1.90. The number of nitrogens with two attached hydrogens (primary N) is 1. The van der Waals surface area contributed by atoms with Crippen LogP contribution in [0.3, 0.4) is 0 Å². The first-order valence-electron chi connectivity index (χ1n) is 5.96. The van der Waals surface area contributed by atoms with Gasteiger partial charge in [0.15, 0.2) is 5.65 Å². The zero-order valence-corrected chi connectivity index (χ0v) is 12.2. The van der Waals surface area contributed by atoms with Gasteiger partial charge in [-0.1, -0.05) is 29.3 Å². The lowest BCUT2D eigenvalue weighted by Crippen LogP contribution is -2.04. The van der Waals surface area contributed by atoms with E-state index in [1.807, 2.05) is 31.2 Å². The summed E-state index contributed by atoms with van der Waals surface area (Å²) in [7, 11) is 0. The monoisotopic (exact) mass is 307 g/mol. The molecule has 0 aliphatic heterocycles. The summed E-state index contributed by atoms with van der Waals surface area (Å²) < 4.78 is 1.51. The number of halogens is 2. The van der Waals surface area contributed by atoms with Crippen molar-refractivity contribution < 1.29 is 0 Å². The van der Waals surface area contributed by atoms with Gasteiger partial charge in [-0.05, 0) is 36.2 Å². The van der Waals surface area contributed by atoms with Crippen LogP contribution in [0, 0.1) is 6.92 Å². The van der Waals surface area contributed by atoms with Crippen LogP contribution in [-0.2, 0) is 6.42 Å². The van der Waals surface area contributed by atoms with E-state index in [0.29, 0.717) is 22.1 Å². The molecule has 0 atom stereocenters. The summed E-state index contributed by atoms with van der Waals surface area (Å²) in [6.07, 6.45) is 0.584. The van der Waals surface area contributed by atoms with Crippen molar-refractivity contribution in [3.05, 3.63) is 51.1 Å². The van der Waals surface area contributed by atoms with E-state index in [1.165, 1.54) is 4.52 Å². The first-order chi connectivity index (χ1) is 9.56. The number of nitrogen functional groups attached to an aromatic ring is 1. The van der Waals surface area contributed by atoms with Crippen molar-refractivity contribution >= 4 is 34.8 Å². The summed E-state index contributed by atoms with van der Waals surface area (Å²) in [4.78, 5) is 0. The molecule has 2 heterocycles. The molecule has 0 aliphatic rings. The first kappa shape index (κ1) is 13.1. The topological polar surface area (TPSA) is 69.1 Å². The highest BCUT2D eigenvalue weighted by Crippen LogP contribution is 2.27. The summed E-state index contributed by atoms with van der Waals surface area (Å²) in [5.41, 5.74) is 8.98. The minimum Gasteiger partial charge on any atom is -0.366 e. The molecule has 3 rings (SSSR count). The molecule has 2 N–H and O–H groups in total. The highest BCUT2D eigenvalue weighted by Gasteiger charge is 2.12. The van der Waals surface area contributed by atoms with E-state index in [4.69, 9.17) is 28.9 Å². The maximum Gasteiger partial charge on any atom is 0.243 e. The van der Waals surface area contributed by atoms with Gasteiger partial charge < -0.3 is 5.73 Å². The molecule has 0 saturated carbocycles. The molecule has 2 aromatic heterocycles. The van der Waals surface area contributed by atoms with Crippen molar-refractivity contribution in [2.24, 2.45) is 0 Å². The molecule has 0 bridgehead atoms. The minimum absolute atomic E-state index is 0.269. The van der Waals surface area contributed by atoms with Gasteiger partial charge in [0.1, 0.15) is 0 Å². The number of aryl methyl sites for hydroxylation is 1. The zero-order valence-electron chi connectivity index (χ0n) is 10.6. The second-order valence-corrected chi connectivity index (χ2v) is 5.27. The standard InChI is InChI=1S/C13H11Cl2N5/c1-7-8(5-9-10(14)3-2-4-11(9)15)6-12-17-18-13(16)20(12)19-7/h2-4,6H,5H2,1H3,(H2,16,18). The maximum atomic E-state index is 6.20. The van der Waals surface area contributed by atoms with E-state index in [9.17, 15) is 0 Å². The van der Waals surface area contributed by atoms with Crippen LogP contribution >= 0.6 is 23.2 Å². The number of fused-ring (bicyclic) bond motifs is 1. The van der Waals surface area contributed by atoms with E-state index in [2.05, 4.69) is 15.3 Å². The second-order valence-electron chi connectivity index (χ2n) is 4.46. The Morgan fingerprint density at radius 3 is 2.60 bits per heavy atom. The van der Waals surface area contributed by atoms with E-state index in [1.54, 1.807) is 0 Å². The van der Waals surface area contributed by atoms with Crippen LogP contribution in [0.15, 0.2) is 24.3 Å². The molecule has 0 amide bonds. The van der Waals surface area contributed by atoms with Gasteiger partial charge in [-0.15, -0.1) is 10.2 Å². The largest absolute Gasteiger partial charge is 0.366 e. The third kappa shape index (κ3) is 2.19. The Morgan fingerprint density at radius 2 is 1.90 bits per heavy atom. The Balaban J connectivity index is 2.09. The molecule has 102 valence electrons. The van der Waals surface area contributed by atoms with Crippen LogP contribution < -0.4 is 5.73 Å². The molecule has 0 radical (unpaired) electrons. The van der Waals surface area contributed by atoms with Gasteiger partial charge >= 0.3 is 0 Å². The average molecular weight is 308 g/mol. The van der Waals surface area contributed by atoms with Gasteiger partial charge in [-0.2, -0.15) is 9.61 Å². The number of benzene rings is 1. The normalized spacial score (nSPS) is 11.2. The fourth-order valence-electron chi connectivity index (χ4n) is 2.04. The number of hydrogen-bond acceptors (Lipinski definition) is 4. The minimum atomic E-state index is 0.269. The number of rotatable bonds is 2. The second kappa shape index (κ2) is 4.92. The quantitative estimate of drug-likeness (QED) is 0.790.